The number of fused-ring (bicyclic) bond motifs is 1. The lowest BCUT2D eigenvalue weighted by atomic mass is 9.91. The molecule has 0 radical (unpaired) electrons. The van der Waals surface area contributed by atoms with Gasteiger partial charge in [0.1, 0.15) is 6.61 Å². The minimum absolute atomic E-state index is 0.0853. The molecule has 2 fully saturated rings. The first-order chi connectivity index (χ1) is 10.1. The molecule has 0 aromatic heterocycles. The van der Waals surface area contributed by atoms with Gasteiger partial charge in [-0.3, -0.25) is 9.69 Å². The van der Waals surface area contributed by atoms with E-state index in [2.05, 4.69) is 11.0 Å². The molecule has 0 spiro atoms. The van der Waals surface area contributed by atoms with Crippen LogP contribution in [0, 0.1) is 5.92 Å². The lowest BCUT2D eigenvalue weighted by Crippen LogP contribution is -2.52. The fourth-order valence-corrected chi connectivity index (χ4v) is 3.47. The second kappa shape index (κ2) is 6.34. The van der Waals surface area contributed by atoms with Gasteiger partial charge in [0, 0.05) is 37.1 Å². The molecule has 5 heteroatoms. The van der Waals surface area contributed by atoms with Crippen molar-refractivity contribution in [3.05, 3.63) is 34.9 Å². The summed E-state index contributed by atoms with van der Waals surface area (Å²) in [5.41, 5.74) is 1.15. The Kier molecular flexibility index (Phi) is 4.48. The minimum atomic E-state index is 0.0853. The zero-order valence-electron chi connectivity index (χ0n) is 12.3. The van der Waals surface area contributed by atoms with Crippen LogP contribution in [0.3, 0.4) is 0 Å². The van der Waals surface area contributed by atoms with Crippen LogP contribution < -0.4 is 0 Å². The van der Waals surface area contributed by atoms with Crippen LogP contribution in [0.15, 0.2) is 24.3 Å². The summed E-state index contributed by atoms with van der Waals surface area (Å²) in [6.45, 7) is 3.67. The predicted octanol–water partition coefficient (Wildman–Crippen LogP) is 2.02. The van der Waals surface area contributed by atoms with Crippen molar-refractivity contribution in [1.82, 2.24) is 9.80 Å². The quantitative estimate of drug-likeness (QED) is 0.838. The first-order valence-electron chi connectivity index (χ1n) is 7.44. The highest BCUT2D eigenvalue weighted by molar-refractivity contribution is 6.31. The van der Waals surface area contributed by atoms with Crippen LogP contribution in [0.2, 0.25) is 5.02 Å². The van der Waals surface area contributed by atoms with Gasteiger partial charge in [-0.15, -0.1) is 0 Å². The highest BCUT2D eigenvalue weighted by atomic mass is 35.5. The third-order valence-electron chi connectivity index (χ3n) is 4.61. The van der Waals surface area contributed by atoms with Gasteiger partial charge in [-0.05, 0) is 24.6 Å². The molecule has 0 bridgehead atoms. The maximum Gasteiger partial charge on any atom is 0.248 e. The number of hydrogen-bond acceptors (Lipinski definition) is 3. The third kappa shape index (κ3) is 3.23. The van der Waals surface area contributed by atoms with Crippen molar-refractivity contribution in [3.63, 3.8) is 0 Å². The normalized spacial score (nSPS) is 27.3. The molecule has 1 aromatic carbocycles. The summed E-state index contributed by atoms with van der Waals surface area (Å²) in [7, 11) is 1.90. The highest BCUT2D eigenvalue weighted by Crippen LogP contribution is 2.26. The Morgan fingerprint density at radius 3 is 3.00 bits per heavy atom. The van der Waals surface area contributed by atoms with Crippen LogP contribution in [0.1, 0.15) is 12.0 Å². The van der Waals surface area contributed by atoms with Crippen molar-refractivity contribution in [3.8, 4) is 0 Å². The molecule has 0 aliphatic carbocycles. The van der Waals surface area contributed by atoms with E-state index in [1.807, 2.05) is 30.1 Å². The van der Waals surface area contributed by atoms with Crippen molar-refractivity contribution < 1.29 is 9.53 Å². The molecule has 1 aromatic rings. The molecule has 2 aliphatic heterocycles. The number of rotatable bonds is 2. The van der Waals surface area contributed by atoms with E-state index < -0.39 is 0 Å². The average molecular weight is 309 g/mol. The molecule has 2 heterocycles. The zero-order valence-corrected chi connectivity index (χ0v) is 13.1. The van der Waals surface area contributed by atoms with Gasteiger partial charge in [-0.1, -0.05) is 29.8 Å². The summed E-state index contributed by atoms with van der Waals surface area (Å²) in [5, 5.41) is 0.813. The van der Waals surface area contributed by atoms with Crippen LogP contribution in [0.4, 0.5) is 0 Å². The van der Waals surface area contributed by atoms with Crippen LogP contribution in [-0.4, -0.2) is 55.1 Å². The monoisotopic (exact) mass is 308 g/mol. The number of likely N-dealkylation sites (tertiary alicyclic amines) is 1. The lowest BCUT2D eigenvalue weighted by Gasteiger charge is -2.41. The molecule has 114 valence electrons. The fraction of sp³-hybridized carbons (Fsp3) is 0.562. The first kappa shape index (κ1) is 14.8. The van der Waals surface area contributed by atoms with E-state index in [-0.39, 0.29) is 18.6 Å². The Morgan fingerprint density at radius 1 is 1.38 bits per heavy atom. The molecule has 21 heavy (non-hydrogen) atoms. The molecule has 2 aliphatic rings. The molecule has 3 rings (SSSR count). The van der Waals surface area contributed by atoms with Crippen molar-refractivity contribution in [1.29, 1.82) is 0 Å². The number of carbonyl (C=O) groups is 1. The van der Waals surface area contributed by atoms with E-state index >= 15 is 0 Å². The van der Waals surface area contributed by atoms with Gasteiger partial charge in [0.25, 0.3) is 0 Å². The van der Waals surface area contributed by atoms with Crippen LogP contribution in [0.25, 0.3) is 0 Å². The fourth-order valence-electron chi connectivity index (χ4n) is 3.27. The maximum absolute atomic E-state index is 11.9. The second-order valence-corrected chi connectivity index (χ2v) is 6.37. The number of hydrogen-bond donors (Lipinski definition) is 0. The zero-order chi connectivity index (χ0) is 14.8. The molecule has 4 nitrogen and oxygen atoms in total. The van der Waals surface area contributed by atoms with Crippen LogP contribution in [-0.2, 0) is 16.1 Å². The van der Waals surface area contributed by atoms with Gasteiger partial charge in [0.05, 0.1) is 6.61 Å². The molecule has 1 amide bonds. The van der Waals surface area contributed by atoms with Crippen molar-refractivity contribution in [2.24, 2.45) is 5.92 Å². The van der Waals surface area contributed by atoms with Gasteiger partial charge < -0.3 is 9.64 Å². The number of halogens is 1. The van der Waals surface area contributed by atoms with E-state index in [0.29, 0.717) is 12.5 Å². The van der Waals surface area contributed by atoms with E-state index in [1.165, 1.54) is 0 Å². The molecule has 0 unspecified atom stereocenters. The topological polar surface area (TPSA) is 32.8 Å². The number of ether oxygens (including phenoxy) is 1. The Bertz CT molecular complexity index is 523. The molecular formula is C16H21ClN2O2. The summed E-state index contributed by atoms with van der Waals surface area (Å²) in [6.07, 6.45) is 1.06. The average Bonchev–Trinajstić information content (AvgIpc) is 2.62. The minimum Gasteiger partial charge on any atom is -0.371 e. The largest absolute Gasteiger partial charge is 0.371 e. The van der Waals surface area contributed by atoms with E-state index in [1.54, 1.807) is 0 Å². The van der Waals surface area contributed by atoms with Gasteiger partial charge >= 0.3 is 0 Å². The smallest absolute Gasteiger partial charge is 0.248 e. The van der Waals surface area contributed by atoms with Crippen molar-refractivity contribution in [2.45, 2.75) is 19.0 Å². The van der Waals surface area contributed by atoms with Crippen LogP contribution in [0.5, 0.6) is 0 Å². The van der Waals surface area contributed by atoms with Crippen molar-refractivity contribution in [2.75, 3.05) is 33.4 Å². The summed E-state index contributed by atoms with van der Waals surface area (Å²) in [5.74, 6) is 0.533. The van der Waals surface area contributed by atoms with Gasteiger partial charge in [-0.2, -0.15) is 0 Å². The number of benzene rings is 1. The number of amides is 1. The SMILES string of the molecule is CN1C(=O)COC[C@@H]2CCN(Cc3ccccc3Cl)C[C@@H]21. The standard InChI is InChI=1S/C16H21ClN2O2/c1-18-15-9-19(8-12-4-2-3-5-14(12)17)7-6-13(15)10-21-11-16(18)20/h2-5,13,15H,6-11H2,1H3/t13-,15-/m0/s1. The summed E-state index contributed by atoms with van der Waals surface area (Å²) < 4.78 is 5.49. The van der Waals surface area contributed by atoms with E-state index in [4.69, 9.17) is 16.3 Å². The van der Waals surface area contributed by atoms with Gasteiger partial charge in [-0.25, -0.2) is 0 Å². The van der Waals surface area contributed by atoms with E-state index in [9.17, 15) is 4.79 Å². The highest BCUT2D eigenvalue weighted by Gasteiger charge is 2.36. The van der Waals surface area contributed by atoms with E-state index in [0.717, 1.165) is 36.6 Å². The summed E-state index contributed by atoms with van der Waals surface area (Å²) in [6, 6.07) is 8.21. The number of carbonyl (C=O) groups excluding carboxylic acids is 1. The molecule has 2 saturated heterocycles. The van der Waals surface area contributed by atoms with Crippen LogP contribution >= 0.6 is 11.6 Å². The Labute approximate surface area is 130 Å². The third-order valence-corrected chi connectivity index (χ3v) is 4.97. The molecule has 2 atom stereocenters. The number of piperidine rings is 1. The van der Waals surface area contributed by atoms with Gasteiger partial charge in [0.2, 0.25) is 5.91 Å². The Hall–Kier alpha value is -1.10. The molecular weight excluding hydrogens is 288 g/mol. The maximum atomic E-state index is 11.9. The Morgan fingerprint density at radius 2 is 2.19 bits per heavy atom. The summed E-state index contributed by atoms with van der Waals surface area (Å²) in [4.78, 5) is 16.2. The van der Waals surface area contributed by atoms with Crippen molar-refractivity contribution >= 4 is 17.5 Å². The van der Waals surface area contributed by atoms with Gasteiger partial charge in [0.15, 0.2) is 0 Å². The summed E-state index contributed by atoms with van der Waals surface area (Å²) >= 11 is 6.25. The Balaban J connectivity index is 1.70. The number of likely N-dealkylation sites (N-methyl/N-ethyl adjacent to an activating group) is 1. The predicted molar refractivity (Wildman–Crippen MR) is 82.2 cm³/mol. The molecule has 0 N–H and O–H groups in total. The molecule has 0 saturated carbocycles. The second-order valence-electron chi connectivity index (χ2n) is 5.96. The number of nitrogens with zero attached hydrogens (tertiary/aromatic N) is 2. The first-order valence-corrected chi connectivity index (χ1v) is 7.82. The lowest BCUT2D eigenvalue weighted by molar-refractivity contribution is -0.134.